The van der Waals surface area contributed by atoms with E-state index in [9.17, 15) is 24.0 Å². The summed E-state index contributed by atoms with van der Waals surface area (Å²) in [7, 11) is 1.54. The first-order valence-corrected chi connectivity index (χ1v) is 14.1. The Hall–Kier alpha value is -5.23. The zero-order valence-electron chi connectivity index (χ0n) is 23.9. The van der Waals surface area contributed by atoms with Gasteiger partial charge in [0.25, 0.3) is 23.6 Å². The molecular weight excluding hydrogens is 570 g/mol. The van der Waals surface area contributed by atoms with Gasteiger partial charge in [0.2, 0.25) is 6.79 Å². The number of rotatable bonds is 7. The van der Waals surface area contributed by atoms with E-state index in [1.165, 1.54) is 4.90 Å². The number of imide groups is 2. The first kappa shape index (κ1) is 27.6. The van der Waals surface area contributed by atoms with E-state index in [4.69, 9.17) is 18.9 Å². The van der Waals surface area contributed by atoms with E-state index in [-0.39, 0.29) is 31.1 Å². The summed E-state index contributed by atoms with van der Waals surface area (Å²) in [4.78, 5) is 66.9. The lowest BCUT2D eigenvalue weighted by Gasteiger charge is -2.36. The molecule has 7 rings (SSSR count). The number of nitrogens with one attached hydrogen (secondary N) is 1. The Labute approximate surface area is 251 Å². The van der Waals surface area contributed by atoms with Gasteiger partial charge in [-0.3, -0.25) is 33.8 Å². The van der Waals surface area contributed by atoms with Gasteiger partial charge in [-0.1, -0.05) is 24.3 Å². The molecule has 3 aromatic rings. The molecule has 0 aromatic heterocycles. The Balaban J connectivity index is 1.14. The zero-order valence-corrected chi connectivity index (χ0v) is 23.9. The van der Waals surface area contributed by atoms with Crippen molar-refractivity contribution in [2.24, 2.45) is 0 Å². The number of nitrogens with zero attached hydrogens (tertiary/aromatic N) is 2. The second-order valence-electron chi connectivity index (χ2n) is 10.9. The van der Waals surface area contributed by atoms with Crippen LogP contribution in [0.25, 0.3) is 0 Å². The van der Waals surface area contributed by atoms with Crippen LogP contribution in [0.5, 0.6) is 17.2 Å². The Kier molecular flexibility index (Phi) is 6.58. The lowest BCUT2D eigenvalue weighted by Crippen LogP contribution is -2.48. The molecule has 44 heavy (non-hydrogen) atoms. The number of esters is 1. The monoisotopic (exact) mass is 597 g/mol. The summed E-state index contributed by atoms with van der Waals surface area (Å²) in [5.41, 5.74) is 3.36. The molecule has 0 aliphatic carbocycles. The van der Waals surface area contributed by atoms with Crippen molar-refractivity contribution in [2.45, 2.75) is 25.4 Å². The van der Waals surface area contributed by atoms with Gasteiger partial charge in [0, 0.05) is 29.3 Å². The Morgan fingerprint density at radius 2 is 1.41 bits per heavy atom. The van der Waals surface area contributed by atoms with Crippen molar-refractivity contribution in [1.82, 2.24) is 15.1 Å². The van der Waals surface area contributed by atoms with Gasteiger partial charge in [0.1, 0.15) is 18.9 Å². The lowest BCUT2D eigenvalue weighted by atomic mass is 9.86. The van der Waals surface area contributed by atoms with Gasteiger partial charge in [0.15, 0.2) is 11.5 Å². The van der Waals surface area contributed by atoms with Gasteiger partial charge < -0.3 is 24.3 Å². The van der Waals surface area contributed by atoms with Gasteiger partial charge in [-0.15, -0.1) is 0 Å². The maximum absolute atomic E-state index is 13.3. The smallest absolute Gasteiger partial charge is 0.326 e. The Morgan fingerprint density at radius 1 is 0.864 bits per heavy atom. The molecule has 4 aliphatic rings. The van der Waals surface area contributed by atoms with Gasteiger partial charge in [-0.05, 0) is 37.6 Å². The molecule has 3 aromatic carbocycles. The number of carbonyl (C=O) groups is 5. The number of benzene rings is 3. The number of fused-ring (bicyclic) bond motifs is 5. The minimum atomic E-state index is -0.752. The number of hydrogen-bond donors (Lipinski definition) is 1. The molecule has 0 spiro atoms. The van der Waals surface area contributed by atoms with Crippen LogP contribution in [0.4, 0.5) is 0 Å². The van der Waals surface area contributed by atoms with Crippen LogP contribution in [0, 0.1) is 6.92 Å². The highest BCUT2D eigenvalue weighted by atomic mass is 16.7. The zero-order chi connectivity index (χ0) is 30.7. The van der Waals surface area contributed by atoms with Crippen molar-refractivity contribution in [3.63, 3.8) is 0 Å². The van der Waals surface area contributed by atoms with Gasteiger partial charge in [-0.25, -0.2) is 0 Å². The summed E-state index contributed by atoms with van der Waals surface area (Å²) in [6.45, 7) is 1.19. The van der Waals surface area contributed by atoms with Gasteiger partial charge in [-0.2, -0.15) is 0 Å². The van der Waals surface area contributed by atoms with E-state index in [0.29, 0.717) is 40.4 Å². The van der Waals surface area contributed by atoms with Crippen LogP contribution in [-0.4, -0.2) is 79.0 Å². The van der Waals surface area contributed by atoms with Crippen molar-refractivity contribution in [2.75, 3.05) is 33.6 Å². The molecule has 0 unspecified atom stereocenters. The van der Waals surface area contributed by atoms with Crippen molar-refractivity contribution >= 4 is 29.6 Å². The highest BCUT2D eigenvalue weighted by Gasteiger charge is 2.43. The second-order valence-corrected chi connectivity index (χ2v) is 10.9. The number of carbonyl (C=O) groups excluding carboxylic acids is 5. The SMILES string of the molecule is COc1c(C)c2c(c3c1C[C@H](COC(=O)CN1C(=O)c4ccccc4C1=O)N[C@@H]3CN1C(=O)c3ccccc3C1=O)OCO2. The van der Waals surface area contributed by atoms with E-state index in [2.05, 4.69) is 5.32 Å². The third-order valence-corrected chi connectivity index (χ3v) is 8.43. The number of methoxy groups -OCH3 is 1. The van der Waals surface area contributed by atoms with Crippen LogP contribution < -0.4 is 19.5 Å². The molecule has 4 amide bonds. The van der Waals surface area contributed by atoms with E-state index >= 15 is 0 Å². The number of ether oxygens (including phenoxy) is 4. The predicted molar refractivity (Wildman–Crippen MR) is 152 cm³/mol. The summed E-state index contributed by atoms with van der Waals surface area (Å²) in [6, 6.07) is 12.0. The van der Waals surface area contributed by atoms with Gasteiger partial charge in [0.05, 0.1) is 35.4 Å². The van der Waals surface area contributed by atoms with Crippen molar-refractivity contribution < 1.29 is 42.9 Å². The van der Waals surface area contributed by atoms with E-state index < -0.39 is 48.2 Å². The predicted octanol–water partition coefficient (Wildman–Crippen LogP) is 2.42. The van der Waals surface area contributed by atoms with Gasteiger partial charge >= 0.3 is 5.97 Å². The maximum atomic E-state index is 13.3. The molecule has 0 saturated heterocycles. The standard InChI is InChI=1S/C32H27N3O9/c1-16-26(41-2)22-11-17(14-42-24(36)13-35-31(39)20-9-5-6-10-21(20)32(35)40)33-23(25(22)28-27(16)43-15-44-28)12-34-29(37)18-7-3-4-8-19(18)30(34)38/h3-10,17,23,33H,11-15H2,1-2H3/t17-,23-/m1/s1. The number of amides is 4. The van der Waals surface area contributed by atoms with E-state index in [1.54, 1.807) is 55.6 Å². The molecule has 1 N–H and O–H groups in total. The topological polar surface area (TPSA) is 141 Å². The summed E-state index contributed by atoms with van der Waals surface area (Å²) < 4.78 is 23.0. The molecule has 0 radical (unpaired) electrons. The molecule has 224 valence electrons. The van der Waals surface area contributed by atoms with Crippen molar-refractivity contribution in [3.05, 3.63) is 87.5 Å². The minimum absolute atomic E-state index is 0.00830. The molecule has 0 bridgehead atoms. The number of hydrogen-bond acceptors (Lipinski definition) is 10. The third-order valence-electron chi connectivity index (χ3n) is 8.43. The van der Waals surface area contributed by atoms with Crippen molar-refractivity contribution in [1.29, 1.82) is 0 Å². The van der Waals surface area contributed by atoms with Crippen LogP contribution in [0.2, 0.25) is 0 Å². The molecule has 2 atom stereocenters. The van der Waals surface area contributed by atoms with Crippen LogP contribution in [0.3, 0.4) is 0 Å². The summed E-state index contributed by atoms with van der Waals surface area (Å²) >= 11 is 0. The summed E-state index contributed by atoms with van der Waals surface area (Å²) in [5, 5.41) is 3.42. The van der Waals surface area contributed by atoms with Crippen LogP contribution >= 0.6 is 0 Å². The quantitative estimate of drug-likeness (QED) is 0.319. The highest BCUT2D eigenvalue weighted by molar-refractivity contribution is 6.22. The molecule has 0 fully saturated rings. The van der Waals surface area contributed by atoms with Crippen LogP contribution in [-0.2, 0) is 16.0 Å². The van der Waals surface area contributed by atoms with Crippen LogP contribution in [0.15, 0.2) is 48.5 Å². The molecule has 0 saturated carbocycles. The third kappa shape index (κ3) is 4.21. The Bertz CT molecular complexity index is 1710. The van der Waals surface area contributed by atoms with E-state index in [0.717, 1.165) is 16.0 Å². The lowest BCUT2D eigenvalue weighted by molar-refractivity contribution is -0.144. The molecule has 12 nitrogen and oxygen atoms in total. The molecule has 12 heteroatoms. The molecule has 4 aliphatic heterocycles. The molecular formula is C32H27N3O9. The molecule has 4 heterocycles. The normalized spacial score (nSPS) is 19.7. The fourth-order valence-electron chi connectivity index (χ4n) is 6.46. The minimum Gasteiger partial charge on any atom is -0.496 e. The second kappa shape index (κ2) is 10.5. The largest absolute Gasteiger partial charge is 0.496 e. The Morgan fingerprint density at radius 3 is 1.98 bits per heavy atom. The van der Waals surface area contributed by atoms with E-state index in [1.807, 2.05) is 6.92 Å². The van der Waals surface area contributed by atoms with Crippen molar-refractivity contribution in [3.8, 4) is 17.2 Å². The first-order chi connectivity index (χ1) is 21.3. The average Bonchev–Trinajstić information content (AvgIpc) is 3.68. The average molecular weight is 598 g/mol. The first-order valence-electron chi connectivity index (χ1n) is 14.1. The van der Waals surface area contributed by atoms with Crippen LogP contribution in [0.1, 0.15) is 64.2 Å². The summed E-state index contributed by atoms with van der Waals surface area (Å²) in [6.07, 6.45) is 0.356. The fraction of sp³-hybridized carbons (Fsp3) is 0.281. The maximum Gasteiger partial charge on any atom is 0.326 e. The fourth-order valence-corrected chi connectivity index (χ4v) is 6.46. The highest BCUT2D eigenvalue weighted by Crippen LogP contribution is 2.50. The summed E-state index contributed by atoms with van der Waals surface area (Å²) in [5.74, 6) is -1.06.